The number of anilines is 1. The van der Waals surface area contributed by atoms with Crippen LogP contribution in [0.15, 0.2) is 36.4 Å². The van der Waals surface area contributed by atoms with Crippen LogP contribution in [0.3, 0.4) is 0 Å². The van der Waals surface area contributed by atoms with Gasteiger partial charge in [-0.3, -0.25) is 4.79 Å². The smallest absolute Gasteiger partial charge is 0.162 e. The van der Waals surface area contributed by atoms with Crippen molar-refractivity contribution in [3.63, 3.8) is 0 Å². The molecule has 0 N–H and O–H groups in total. The van der Waals surface area contributed by atoms with Gasteiger partial charge in [0.05, 0.1) is 13.2 Å². The zero-order valence-corrected chi connectivity index (χ0v) is 22.3. The average Bonchev–Trinajstić information content (AvgIpc) is 3.26. The van der Waals surface area contributed by atoms with E-state index in [1.807, 2.05) is 12.1 Å². The zero-order valence-electron chi connectivity index (χ0n) is 22.3. The van der Waals surface area contributed by atoms with Gasteiger partial charge in [-0.2, -0.15) is 0 Å². The molecule has 2 aromatic rings. The van der Waals surface area contributed by atoms with Crippen molar-refractivity contribution in [2.75, 3.05) is 31.6 Å². The third-order valence-corrected chi connectivity index (χ3v) is 7.87. The van der Waals surface area contributed by atoms with Crippen LogP contribution >= 0.6 is 0 Å². The second-order valence-corrected chi connectivity index (χ2v) is 10.6. The number of aldehydes is 1. The molecule has 36 heavy (non-hydrogen) atoms. The molecule has 0 amide bonds. The maximum absolute atomic E-state index is 13.0. The molecular weight excluding hydrogens is 448 g/mol. The van der Waals surface area contributed by atoms with Gasteiger partial charge >= 0.3 is 0 Å². The van der Waals surface area contributed by atoms with E-state index in [1.165, 1.54) is 22.4 Å². The summed E-state index contributed by atoms with van der Waals surface area (Å²) in [6, 6.07) is 12.9. The zero-order chi connectivity index (χ0) is 25.5. The lowest BCUT2D eigenvalue weighted by atomic mass is 9.94. The normalized spacial score (nSPS) is 16.5. The molecule has 4 rings (SSSR count). The van der Waals surface area contributed by atoms with Crippen LogP contribution in [0, 0.1) is 0 Å². The highest BCUT2D eigenvalue weighted by Crippen LogP contribution is 2.39. The van der Waals surface area contributed by atoms with Gasteiger partial charge in [-0.25, -0.2) is 0 Å². The molecule has 2 aliphatic rings. The van der Waals surface area contributed by atoms with Crippen molar-refractivity contribution in [3.8, 4) is 5.75 Å². The van der Waals surface area contributed by atoms with Gasteiger partial charge in [0.1, 0.15) is 12.0 Å². The average molecular weight is 491 g/mol. The molecule has 5 heteroatoms. The minimum absolute atomic E-state index is 0.0528. The Labute approximate surface area is 216 Å². The van der Waals surface area contributed by atoms with E-state index in [0.717, 1.165) is 88.6 Å². The van der Waals surface area contributed by atoms with Crippen LogP contribution in [-0.4, -0.2) is 55.8 Å². The highest BCUT2D eigenvalue weighted by Gasteiger charge is 2.33. The van der Waals surface area contributed by atoms with Gasteiger partial charge in [-0.15, -0.1) is 0 Å². The predicted octanol–water partition coefficient (Wildman–Crippen LogP) is 5.66. The maximum Gasteiger partial charge on any atom is 0.162 e. The number of benzene rings is 2. The predicted molar refractivity (Wildman–Crippen MR) is 146 cm³/mol. The number of aryl methyl sites for hydroxylation is 2. The van der Waals surface area contributed by atoms with Crippen molar-refractivity contribution in [1.29, 1.82) is 0 Å². The number of para-hydroxylation sites is 1. The van der Waals surface area contributed by atoms with E-state index in [0.29, 0.717) is 12.5 Å². The molecule has 0 bridgehead atoms. The highest BCUT2D eigenvalue weighted by molar-refractivity contribution is 5.97. The van der Waals surface area contributed by atoms with Gasteiger partial charge in [0.25, 0.3) is 0 Å². The SMILES string of the molecule is COc1ccccc1CCCN(CCCCCC(=O)c1cc2c3c(c1)CC(C=O)N3CCC2)C(C)C. The molecule has 0 aromatic heterocycles. The van der Waals surface area contributed by atoms with Crippen molar-refractivity contribution in [2.45, 2.75) is 83.7 Å². The van der Waals surface area contributed by atoms with Gasteiger partial charge < -0.3 is 19.3 Å². The molecular formula is C31H42N2O3. The lowest BCUT2D eigenvalue weighted by Gasteiger charge is -2.30. The number of carbonyl (C=O) groups excluding carboxylic acids is 2. The number of hydrogen-bond donors (Lipinski definition) is 0. The van der Waals surface area contributed by atoms with Crippen LogP contribution in [-0.2, 0) is 24.1 Å². The van der Waals surface area contributed by atoms with Crippen LogP contribution in [0.2, 0.25) is 0 Å². The van der Waals surface area contributed by atoms with E-state index in [9.17, 15) is 9.59 Å². The summed E-state index contributed by atoms with van der Waals surface area (Å²) in [6.45, 7) is 7.63. The largest absolute Gasteiger partial charge is 0.496 e. The summed E-state index contributed by atoms with van der Waals surface area (Å²) in [5.41, 5.74) is 5.80. The molecule has 2 aliphatic heterocycles. The standard InChI is InChI=1S/C31H42N2O3/c1-23(2)32(17-9-12-24-11-6-7-15-30(24)36-3)16-8-4-5-14-29(35)26-19-25-13-10-18-33-28(22-34)21-27(20-26)31(25)33/h6-7,11,15,19-20,22-23,28H,4-5,8-10,12-14,16-18,21H2,1-3H3. The first-order valence-electron chi connectivity index (χ1n) is 13.8. The Bertz CT molecular complexity index is 1050. The number of carbonyl (C=O) groups is 2. The summed E-state index contributed by atoms with van der Waals surface area (Å²) in [5.74, 6) is 1.23. The van der Waals surface area contributed by atoms with Gasteiger partial charge in [-0.1, -0.05) is 24.6 Å². The first kappa shape index (κ1) is 26.4. The summed E-state index contributed by atoms with van der Waals surface area (Å²) in [4.78, 5) is 29.3. The van der Waals surface area contributed by atoms with E-state index in [2.05, 4.69) is 47.9 Å². The summed E-state index contributed by atoms with van der Waals surface area (Å²) >= 11 is 0. The molecule has 0 fully saturated rings. The number of ketones is 1. The molecule has 194 valence electrons. The van der Waals surface area contributed by atoms with Crippen molar-refractivity contribution in [2.24, 2.45) is 0 Å². The lowest BCUT2D eigenvalue weighted by Crippen LogP contribution is -2.36. The number of Topliss-reactive ketones (excluding diaryl/α,β-unsaturated/α-hetero) is 1. The Balaban J connectivity index is 1.21. The second-order valence-electron chi connectivity index (χ2n) is 10.6. The first-order valence-corrected chi connectivity index (χ1v) is 13.8. The molecule has 2 aromatic carbocycles. The van der Waals surface area contributed by atoms with Gasteiger partial charge in [0, 0.05) is 36.7 Å². The summed E-state index contributed by atoms with van der Waals surface area (Å²) in [5, 5.41) is 0. The van der Waals surface area contributed by atoms with Crippen molar-refractivity contribution >= 4 is 17.8 Å². The Morgan fingerprint density at radius 1 is 1.11 bits per heavy atom. The summed E-state index contributed by atoms with van der Waals surface area (Å²) in [6.07, 6.45) is 9.73. The molecule has 0 saturated heterocycles. The van der Waals surface area contributed by atoms with E-state index in [-0.39, 0.29) is 11.8 Å². The summed E-state index contributed by atoms with van der Waals surface area (Å²) in [7, 11) is 1.74. The quantitative estimate of drug-likeness (QED) is 0.194. The van der Waals surface area contributed by atoms with Crippen LogP contribution in [0.25, 0.3) is 0 Å². The lowest BCUT2D eigenvalue weighted by molar-refractivity contribution is -0.108. The topological polar surface area (TPSA) is 49.9 Å². The Morgan fingerprint density at radius 2 is 1.89 bits per heavy atom. The Morgan fingerprint density at radius 3 is 2.67 bits per heavy atom. The van der Waals surface area contributed by atoms with E-state index in [1.54, 1.807) is 7.11 Å². The number of methoxy groups -OCH3 is 1. The molecule has 0 saturated carbocycles. The van der Waals surface area contributed by atoms with Crippen LogP contribution in [0.5, 0.6) is 5.75 Å². The number of hydrogen-bond acceptors (Lipinski definition) is 5. The Hall–Kier alpha value is -2.66. The van der Waals surface area contributed by atoms with Crippen LogP contribution in [0.4, 0.5) is 5.69 Å². The minimum Gasteiger partial charge on any atom is -0.496 e. The monoisotopic (exact) mass is 490 g/mol. The molecule has 0 spiro atoms. The number of unbranched alkanes of at least 4 members (excludes halogenated alkanes) is 2. The molecule has 1 unspecified atom stereocenters. The second kappa shape index (κ2) is 12.5. The Kier molecular flexibility index (Phi) is 9.19. The van der Waals surface area contributed by atoms with E-state index in [4.69, 9.17) is 4.74 Å². The van der Waals surface area contributed by atoms with Crippen LogP contribution in [0.1, 0.15) is 79.4 Å². The van der Waals surface area contributed by atoms with E-state index >= 15 is 0 Å². The molecule has 0 aliphatic carbocycles. The fourth-order valence-electron chi connectivity index (χ4n) is 5.91. The van der Waals surface area contributed by atoms with Gasteiger partial charge in [0.15, 0.2) is 5.78 Å². The fourth-order valence-corrected chi connectivity index (χ4v) is 5.91. The van der Waals surface area contributed by atoms with Crippen LogP contribution < -0.4 is 9.64 Å². The van der Waals surface area contributed by atoms with Gasteiger partial charge in [0.2, 0.25) is 0 Å². The molecule has 1 atom stereocenters. The molecule has 5 nitrogen and oxygen atoms in total. The number of nitrogens with zero attached hydrogens (tertiary/aromatic N) is 2. The molecule has 2 heterocycles. The third kappa shape index (κ3) is 6.18. The minimum atomic E-state index is -0.0528. The van der Waals surface area contributed by atoms with Crippen molar-refractivity contribution < 1.29 is 14.3 Å². The fraction of sp³-hybridized carbons (Fsp3) is 0.548. The summed E-state index contributed by atoms with van der Waals surface area (Å²) < 4.78 is 5.49. The van der Waals surface area contributed by atoms with Gasteiger partial charge in [-0.05, 0) is 100 Å². The first-order chi connectivity index (χ1) is 17.5. The van der Waals surface area contributed by atoms with E-state index < -0.39 is 0 Å². The number of ether oxygens (including phenoxy) is 1. The van der Waals surface area contributed by atoms with Crippen molar-refractivity contribution in [3.05, 3.63) is 58.7 Å². The highest BCUT2D eigenvalue weighted by atomic mass is 16.5. The molecule has 0 radical (unpaired) electrons. The van der Waals surface area contributed by atoms with Crippen molar-refractivity contribution in [1.82, 2.24) is 4.90 Å². The maximum atomic E-state index is 13.0. The number of rotatable bonds is 14. The third-order valence-electron chi connectivity index (χ3n) is 7.87.